The molecule has 1 aromatic heterocycles. The molecular weight excluding hydrogens is 464 g/mol. The standard InChI is InChI=1S/C27H28N2O5S/c1-16-11-17(2)26(18(3)12-16)27(31)34-15-25(30)29-21(14-20(28-29)24-7-6-10-35-24)19-8-9-22(32-4)23(13-19)33-5/h6-13,21H,14-15H2,1-5H3. The molecule has 0 radical (unpaired) electrons. The summed E-state index contributed by atoms with van der Waals surface area (Å²) in [4.78, 5) is 27.1. The lowest BCUT2D eigenvalue weighted by atomic mass is 10.00. The average Bonchev–Trinajstić information content (AvgIpc) is 3.51. The fourth-order valence-corrected chi connectivity index (χ4v) is 5.14. The highest BCUT2D eigenvalue weighted by atomic mass is 32.1. The van der Waals surface area contributed by atoms with Gasteiger partial charge in [-0.1, -0.05) is 29.8 Å². The molecule has 0 saturated carbocycles. The molecule has 1 unspecified atom stereocenters. The Labute approximate surface area is 208 Å². The summed E-state index contributed by atoms with van der Waals surface area (Å²) in [5.74, 6) is 0.257. The lowest BCUT2D eigenvalue weighted by Gasteiger charge is -2.23. The lowest BCUT2D eigenvalue weighted by molar-refractivity contribution is -0.136. The smallest absolute Gasteiger partial charge is 0.339 e. The Balaban J connectivity index is 1.58. The molecule has 35 heavy (non-hydrogen) atoms. The van der Waals surface area contributed by atoms with Crippen molar-refractivity contribution in [3.63, 3.8) is 0 Å². The number of carbonyl (C=O) groups is 2. The molecule has 182 valence electrons. The molecule has 0 fully saturated rings. The molecule has 1 atom stereocenters. The molecule has 0 N–H and O–H groups in total. The van der Waals surface area contributed by atoms with Gasteiger partial charge in [-0.05, 0) is 61.0 Å². The number of aryl methyl sites for hydroxylation is 3. The minimum Gasteiger partial charge on any atom is -0.493 e. The highest BCUT2D eigenvalue weighted by Gasteiger charge is 2.34. The zero-order chi connectivity index (χ0) is 25.1. The maximum absolute atomic E-state index is 13.3. The molecule has 0 bridgehead atoms. The van der Waals surface area contributed by atoms with E-state index in [9.17, 15) is 9.59 Å². The van der Waals surface area contributed by atoms with Gasteiger partial charge in [-0.25, -0.2) is 9.80 Å². The van der Waals surface area contributed by atoms with E-state index in [-0.39, 0.29) is 6.04 Å². The van der Waals surface area contributed by atoms with Gasteiger partial charge in [0, 0.05) is 6.42 Å². The Morgan fingerprint density at radius 1 is 1.03 bits per heavy atom. The second-order valence-corrected chi connectivity index (χ2v) is 9.39. The number of thiophene rings is 1. The van der Waals surface area contributed by atoms with Crippen molar-refractivity contribution in [2.75, 3.05) is 20.8 Å². The van der Waals surface area contributed by atoms with Crippen LogP contribution >= 0.6 is 11.3 Å². The molecule has 1 aliphatic heterocycles. The number of amides is 1. The Bertz CT molecular complexity index is 1260. The number of hydrogen-bond acceptors (Lipinski definition) is 7. The van der Waals surface area contributed by atoms with E-state index < -0.39 is 18.5 Å². The van der Waals surface area contributed by atoms with Gasteiger partial charge in [-0.15, -0.1) is 11.3 Å². The van der Waals surface area contributed by atoms with Gasteiger partial charge in [0.1, 0.15) is 0 Å². The minimum atomic E-state index is -0.516. The van der Waals surface area contributed by atoms with Crippen molar-refractivity contribution in [2.45, 2.75) is 33.2 Å². The number of nitrogens with zero attached hydrogens (tertiary/aromatic N) is 2. The molecule has 3 aromatic rings. The second kappa shape index (κ2) is 10.3. The van der Waals surface area contributed by atoms with Crippen LogP contribution in [0.5, 0.6) is 11.5 Å². The summed E-state index contributed by atoms with van der Waals surface area (Å²) in [5.41, 5.74) is 4.86. The van der Waals surface area contributed by atoms with E-state index in [4.69, 9.17) is 14.2 Å². The molecule has 2 heterocycles. The quantitative estimate of drug-likeness (QED) is 0.423. The normalized spacial score (nSPS) is 15.1. The topological polar surface area (TPSA) is 77.4 Å². The summed E-state index contributed by atoms with van der Waals surface area (Å²) in [6, 6.07) is 13.0. The highest BCUT2D eigenvalue weighted by Crippen LogP contribution is 2.38. The van der Waals surface area contributed by atoms with E-state index in [1.165, 1.54) is 5.01 Å². The van der Waals surface area contributed by atoms with Gasteiger partial charge in [-0.2, -0.15) is 5.10 Å². The van der Waals surface area contributed by atoms with Crippen LogP contribution in [0.1, 0.15) is 50.0 Å². The van der Waals surface area contributed by atoms with Crippen LogP contribution in [0, 0.1) is 20.8 Å². The third-order valence-corrected chi connectivity index (χ3v) is 6.89. The van der Waals surface area contributed by atoms with Crippen LogP contribution in [0.2, 0.25) is 0 Å². The number of hydrogen-bond donors (Lipinski definition) is 0. The highest BCUT2D eigenvalue weighted by molar-refractivity contribution is 7.12. The second-order valence-electron chi connectivity index (χ2n) is 8.45. The molecule has 1 aliphatic rings. The Morgan fingerprint density at radius 3 is 2.37 bits per heavy atom. The van der Waals surface area contributed by atoms with E-state index in [1.807, 2.05) is 68.6 Å². The van der Waals surface area contributed by atoms with Gasteiger partial charge in [0.2, 0.25) is 0 Å². The summed E-state index contributed by atoms with van der Waals surface area (Å²) in [6.45, 7) is 5.30. The fraction of sp³-hybridized carbons (Fsp3) is 0.296. The van der Waals surface area contributed by atoms with Crippen molar-refractivity contribution in [3.8, 4) is 11.5 Å². The average molecular weight is 493 g/mol. The Kier molecular flexibility index (Phi) is 7.21. The number of rotatable bonds is 7. The monoisotopic (exact) mass is 492 g/mol. The van der Waals surface area contributed by atoms with Crippen molar-refractivity contribution in [1.29, 1.82) is 0 Å². The van der Waals surface area contributed by atoms with Gasteiger partial charge in [0.25, 0.3) is 5.91 Å². The largest absolute Gasteiger partial charge is 0.493 e. The molecule has 7 nitrogen and oxygen atoms in total. The van der Waals surface area contributed by atoms with Gasteiger partial charge < -0.3 is 14.2 Å². The zero-order valence-electron chi connectivity index (χ0n) is 20.5. The predicted octanol–water partition coefficient (Wildman–Crippen LogP) is 5.23. The molecule has 4 rings (SSSR count). The van der Waals surface area contributed by atoms with Crippen molar-refractivity contribution in [3.05, 3.63) is 80.5 Å². The lowest BCUT2D eigenvalue weighted by Crippen LogP contribution is -2.31. The molecule has 0 aliphatic carbocycles. The first-order valence-electron chi connectivity index (χ1n) is 11.2. The molecule has 0 saturated heterocycles. The van der Waals surface area contributed by atoms with Crippen LogP contribution in [0.3, 0.4) is 0 Å². The zero-order valence-corrected chi connectivity index (χ0v) is 21.3. The number of hydrazone groups is 1. The predicted molar refractivity (Wildman–Crippen MR) is 136 cm³/mol. The van der Waals surface area contributed by atoms with E-state index in [1.54, 1.807) is 25.6 Å². The SMILES string of the molecule is COc1ccc(C2CC(c3cccs3)=NN2C(=O)COC(=O)c2c(C)cc(C)cc2C)cc1OC. The first-order chi connectivity index (χ1) is 16.8. The fourth-order valence-electron chi connectivity index (χ4n) is 4.42. The number of methoxy groups -OCH3 is 2. The first-order valence-corrected chi connectivity index (χ1v) is 12.1. The van der Waals surface area contributed by atoms with E-state index in [2.05, 4.69) is 5.10 Å². The van der Waals surface area contributed by atoms with E-state index in [0.29, 0.717) is 23.5 Å². The van der Waals surface area contributed by atoms with Crippen LogP contribution in [0.4, 0.5) is 0 Å². The van der Waals surface area contributed by atoms with E-state index in [0.717, 1.165) is 32.8 Å². The van der Waals surface area contributed by atoms with Gasteiger partial charge in [-0.3, -0.25) is 4.79 Å². The van der Waals surface area contributed by atoms with Crippen LogP contribution in [-0.4, -0.2) is 43.4 Å². The summed E-state index contributed by atoms with van der Waals surface area (Å²) in [5, 5.41) is 8.02. The van der Waals surface area contributed by atoms with Gasteiger partial charge in [0.15, 0.2) is 18.1 Å². The molecule has 2 aromatic carbocycles. The van der Waals surface area contributed by atoms with E-state index >= 15 is 0 Å². The summed E-state index contributed by atoms with van der Waals surface area (Å²) < 4.78 is 16.3. The van der Waals surface area contributed by atoms with Crippen molar-refractivity contribution in [2.24, 2.45) is 5.10 Å². The number of esters is 1. The van der Waals surface area contributed by atoms with Crippen LogP contribution in [0.15, 0.2) is 52.9 Å². The summed E-state index contributed by atoms with van der Waals surface area (Å²) in [6.07, 6.45) is 0.534. The first kappa shape index (κ1) is 24.5. The Hall–Kier alpha value is -3.65. The van der Waals surface area contributed by atoms with Crippen molar-refractivity contribution < 1.29 is 23.8 Å². The van der Waals surface area contributed by atoms with Crippen molar-refractivity contribution >= 4 is 28.9 Å². The van der Waals surface area contributed by atoms with Gasteiger partial charge in [0.05, 0.1) is 36.4 Å². The minimum absolute atomic E-state index is 0.360. The number of benzene rings is 2. The summed E-state index contributed by atoms with van der Waals surface area (Å²) in [7, 11) is 3.15. The molecule has 8 heteroatoms. The summed E-state index contributed by atoms with van der Waals surface area (Å²) >= 11 is 1.57. The Morgan fingerprint density at radius 2 is 1.74 bits per heavy atom. The van der Waals surface area contributed by atoms with Crippen molar-refractivity contribution in [1.82, 2.24) is 5.01 Å². The maximum Gasteiger partial charge on any atom is 0.339 e. The van der Waals surface area contributed by atoms with Crippen LogP contribution in [-0.2, 0) is 9.53 Å². The third-order valence-electron chi connectivity index (χ3n) is 5.97. The molecule has 0 spiro atoms. The third kappa shape index (κ3) is 5.07. The maximum atomic E-state index is 13.3. The molecule has 1 amide bonds. The van der Waals surface area contributed by atoms with Crippen LogP contribution < -0.4 is 9.47 Å². The van der Waals surface area contributed by atoms with Crippen LogP contribution in [0.25, 0.3) is 0 Å². The van der Waals surface area contributed by atoms with Gasteiger partial charge >= 0.3 is 5.97 Å². The number of ether oxygens (including phenoxy) is 3. The molecular formula is C27H28N2O5S. The number of carbonyl (C=O) groups excluding carboxylic acids is 2.